The third-order valence-electron chi connectivity index (χ3n) is 4.48. The molecular weight excluding hydrogens is 340 g/mol. The summed E-state index contributed by atoms with van der Waals surface area (Å²) in [6.45, 7) is 0. The highest BCUT2D eigenvalue weighted by Gasteiger charge is 2.19. The van der Waals surface area contributed by atoms with Gasteiger partial charge in [0.15, 0.2) is 0 Å². The third kappa shape index (κ3) is 1.84. The highest BCUT2D eigenvalue weighted by molar-refractivity contribution is 7.85. The molecule has 7 heteroatoms. The second-order valence-corrected chi connectivity index (χ2v) is 7.34. The van der Waals surface area contributed by atoms with Crippen LogP contribution in [-0.4, -0.2) is 22.4 Å². The average Bonchev–Trinajstić information content (AvgIpc) is 2.98. The molecule has 0 aliphatic heterocycles. The summed E-state index contributed by atoms with van der Waals surface area (Å²) >= 11 is 0. The Morgan fingerprint density at radius 3 is 2.56 bits per heavy atom. The van der Waals surface area contributed by atoms with E-state index >= 15 is 0 Å². The number of imidazole rings is 1. The van der Waals surface area contributed by atoms with Crippen LogP contribution in [0.3, 0.4) is 0 Å². The summed E-state index contributed by atoms with van der Waals surface area (Å²) in [7, 11) is -4.38. The van der Waals surface area contributed by atoms with Gasteiger partial charge in [0.1, 0.15) is 5.65 Å². The van der Waals surface area contributed by atoms with Crippen LogP contribution in [0, 0.1) is 0 Å². The zero-order chi connectivity index (χ0) is 17.3. The number of hydrogen-bond acceptors (Lipinski definition) is 4. The molecule has 2 aromatic heterocycles. The van der Waals surface area contributed by atoms with Crippen molar-refractivity contribution in [3.05, 3.63) is 65.0 Å². The van der Waals surface area contributed by atoms with E-state index in [9.17, 15) is 17.8 Å². The number of nitrogens with zero attached hydrogens (tertiary/aromatic N) is 2. The molecule has 5 aromatic rings. The molecule has 0 unspecified atom stereocenters. The van der Waals surface area contributed by atoms with Crippen LogP contribution in [0.4, 0.5) is 0 Å². The molecule has 0 atom stereocenters. The lowest BCUT2D eigenvalue weighted by Crippen LogP contribution is -2.13. The van der Waals surface area contributed by atoms with Crippen LogP contribution in [0.1, 0.15) is 0 Å². The van der Waals surface area contributed by atoms with Gasteiger partial charge in [0.05, 0.1) is 15.9 Å². The van der Waals surface area contributed by atoms with E-state index in [1.165, 1.54) is 16.5 Å². The van der Waals surface area contributed by atoms with E-state index in [1.54, 1.807) is 30.3 Å². The van der Waals surface area contributed by atoms with Gasteiger partial charge in [-0.05, 0) is 35.7 Å². The molecule has 0 aliphatic carbocycles. The van der Waals surface area contributed by atoms with Crippen LogP contribution in [-0.2, 0) is 10.1 Å². The standard InChI is InChI=1S/C18H10N2O4S/c21-18-12-5-3-4-10-8-11(25(22,23)24)9-13(16(10)12)17-19-14-6-1-2-7-15(14)20(17)18/h1-9H,(H,22,23,24). The Morgan fingerprint density at radius 1 is 0.960 bits per heavy atom. The van der Waals surface area contributed by atoms with Crippen molar-refractivity contribution in [2.75, 3.05) is 0 Å². The molecular formula is C18H10N2O4S. The lowest BCUT2D eigenvalue weighted by Gasteiger charge is -2.09. The van der Waals surface area contributed by atoms with Gasteiger partial charge in [-0.25, -0.2) is 4.98 Å². The minimum Gasteiger partial charge on any atom is -0.282 e. The Bertz CT molecular complexity index is 1490. The fourth-order valence-corrected chi connectivity index (χ4v) is 3.98. The maximum atomic E-state index is 13.0. The monoisotopic (exact) mass is 350 g/mol. The predicted octanol–water partition coefficient (Wildman–Crippen LogP) is 2.84. The van der Waals surface area contributed by atoms with Gasteiger partial charge >= 0.3 is 0 Å². The smallest absolute Gasteiger partial charge is 0.282 e. The van der Waals surface area contributed by atoms with Crippen molar-refractivity contribution in [1.82, 2.24) is 9.38 Å². The number of rotatable bonds is 1. The van der Waals surface area contributed by atoms with Crippen LogP contribution in [0.5, 0.6) is 0 Å². The molecule has 2 heterocycles. The predicted molar refractivity (Wildman–Crippen MR) is 95.0 cm³/mol. The van der Waals surface area contributed by atoms with Gasteiger partial charge in [0, 0.05) is 16.2 Å². The van der Waals surface area contributed by atoms with Gasteiger partial charge < -0.3 is 0 Å². The van der Waals surface area contributed by atoms with Gasteiger partial charge in [-0.2, -0.15) is 8.42 Å². The molecule has 0 fully saturated rings. The second kappa shape index (κ2) is 4.53. The fourth-order valence-electron chi connectivity index (χ4n) is 3.44. The number of benzene rings is 3. The number of fused-ring (bicyclic) bond motifs is 4. The molecule has 122 valence electrons. The van der Waals surface area contributed by atoms with Gasteiger partial charge in [-0.15, -0.1) is 0 Å². The van der Waals surface area contributed by atoms with E-state index in [2.05, 4.69) is 4.98 Å². The minimum absolute atomic E-state index is 0.207. The maximum absolute atomic E-state index is 13.0. The molecule has 0 spiro atoms. The van der Waals surface area contributed by atoms with Crippen molar-refractivity contribution >= 4 is 48.3 Å². The molecule has 0 radical (unpaired) electrons. The van der Waals surface area contributed by atoms with Gasteiger partial charge in [0.2, 0.25) is 0 Å². The highest BCUT2D eigenvalue weighted by Crippen LogP contribution is 2.31. The molecule has 3 aromatic carbocycles. The number of para-hydroxylation sites is 2. The van der Waals surface area contributed by atoms with E-state index in [0.717, 1.165) is 0 Å². The Labute approximate surface area is 141 Å². The first-order valence-corrected chi connectivity index (χ1v) is 8.96. The van der Waals surface area contributed by atoms with Crippen LogP contribution < -0.4 is 5.56 Å². The lowest BCUT2D eigenvalue weighted by atomic mass is 10.0. The van der Waals surface area contributed by atoms with Gasteiger partial charge in [0.25, 0.3) is 15.7 Å². The zero-order valence-electron chi connectivity index (χ0n) is 12.7. The van der Waals surface area contributed by atoms with Gasteiger partial charge in [-0.1, -0.05) is 24.3 Å². The normalized spacial score (nSPS) is 12.7. The Morgan fingerprint density at radius 2 is 1.76 bits per heavy atom. The fraction of sp³-hybridized carbons (Fsp3) is 0. The van der Waals surface area contributed by atoms with Crippen LogP contribution >= 0.6 is 0 Å². The van der Waals surface area contributed by atoms with E-state index in [4.69, 9.17) is 0 Å². The highest BCUT2D eigenvalue weighted by atomic mass is 32.2. The third-order valence-corrected chi connectivity index (χ3v) is 5.31. The molecule has 6 nitrogen and oxygen atoms in total. The van der Waals surface area contributed by atoms with Crippen LogP contribution in [0.25, 0.3) is 38.2 Å². The first kappa shape index (κ1) is 14.3. The summed E-state index contributed by atoms with van der Waals surface area (Å²) in [5.74, 6) is 0. The first-order chi connectivity index (χ1) is 11.9. The largest absolute Gasteiger partial charge is 0.294 e. The molecule has 0 saturated carbocycles. The average molecular weight is 350 g/mol. The topological polar surface area (TPSA) is 88.7 Å². The van der Waals surface area contributed by atoms with Gasteiger partial charge in [-0.3, -0.25) is 13.7 Å². The van der Waals surface area contributed by atoms with E-state index in [0.29, 0.717) is 38.2 Å². The molecule has 5 rings (SSSR count). The Balaban J connectivity index is 2.19. The number of aromatic nitrogens is 2. The minimum atomic E-state index is -4.38. The molecule has 0 saturated heterocycles. The van der Waals surface area contributed by atoms with Crippen molar-refractivity contribution in [2.24, 2.45) is 0 Å². The van der Waals surface area contributed by atoms with Crippen molar-refractivity contribution in [3.63, 3.8) is 0 Å². The molecule has 25 heavy (non-hydrogen) atoms. The summed E-state index contributed by atoms with van der Waals surface area (Å²) in [6, 6.07) is 15.1. The molecule has 0 amide bonds. The van der Waals surface area contributed by atoms with Crippen LogP contribution in [0.2, 0.25) is 0 Å². The molecule has 0 aliphatic rings. The summed E-state index contributed by atoms with van der Waals surface area (Å²) in [6.07, 6.45) is 0. The molecule has 1 N–H and O–H groups in total. The van der Waals surface area contributed by atoms with Crippen LogP contribution in [0.15, 0.2) is 64.3 Å². The number of hydrogen-bond donors (Lipinski definition) is 1. The SMILES string of the molecule is O=c1c2cccc3cc(S(=O)(=O)O)cc(c32)c2nc3ccccc3n12. The Hall–Kier alpha value is -3.03. The summed E-state index contributed by atoms with van der Waals surface area (Å²) in [5.41, 5.74) is 1.47. The second-order valence-electron chi connectivity index (χ2n) is 5.91. The van der Waals surface area contributed by atoms with E-state index < -0.39 is 10.1 Å². The maximum Gasteiger partial charge on any atom is 0.294 e. The summed E-state index contributed by atoms with van der Waals surface area (Å²) in [5, 5.41) is 2.19. The van der Waals surface area contributed by atoms with Crippen molar-refractivity contribution in [3.8, 4) is 0 Å². The van der Waals surface area contributed by atoms with Crippen molar-refractivity contribution in [2.45, 2.75) is 4.90 Å². The van der Waals surface area contributed by atoms with Crippen molar-refractivity contribution < 1.29 is 13.0 Å². The Kier molecular flexibility index (Phi) is 2.60. The summed E-state index contributed by atoms with van der Waals surface area (Å²) < 4.78 is 34.3. The number of pyridine rings is 1. The summed E-state index contributed by atoms with van der Waals surface area (Å²) in [4.78, 5) is 17.3. The quantitative estimate of drug-likeness (QED) is 0.470. The van der Waals surface area contributed by atoms with E-state index in [1.807, 2.05) is 12.1 Å². The lowest BCUT2D eigenvalue weighted by molar-refractivity contribution is 0.483. The van der Waals surface area contributed by atoms with E-state index in [-0.39, 0.29) is 10.5 Å². The molecule has 0 bridgehead atoms. The van der Waals surface area contributed by atoms with Crippen molar-refractivity contribution in [1.29, 1.82) is 0 Å². The zero-order valence-corrected chi connectivity index (χ0v) is 13.5. The first-order valence-electron chi connectivity index (χ1n) is 7.52.